The third-order valence-corrected chi connectivity index (χ3v) is 2.12. The number of hydrogen-bond donors (Lipinski definition) is 0. The van der Waals surface area contributed by atoms with Gasteiger partial charge < -0.3 is 0 Å². The molecule has 0 N–H and O–H groups in total. The van der Waals surface area contributed by atoms with Gasteiger partial charge in [0.25, 0.3) is 0 Å². The van der Waals surface area contributed by atoms with Crippen LogP contribution >= 0.6 is 0 Å². The lowest BCUT2D eigenvalue weighted by atomic mass is 10.3. The van der Waals surface area contributed by atoms with Gasteiger partial charge in [0, 0.05) is 32.0 Å². The maximum atomic E-state index is 8.43. The second-order valence-electron chi connectivity index (χ2n) is 3.13. The van der Waals surface area contributed by atoms with Gasteiger partial charge in [0.05, 0.1) is 6.07 Å². The summed E-state index contributed by atoms with van der Waals surface area (Å²) in [7, 11) is 0. The van der Waals surface area contributed by atoms with Gasteiger partial charge in [0.1, 0.15) is 0 Å². The Kier molecular flexibility index (Phi) is 3.64. The predicted molar refractivity (Wildman–Crippen MR) is 48.3 cm³/mol. The minimum absolute atomic E-state index is 0.626. The van der Waals surface area contributed by atoms with E-state index in [0.717, 1.165) is 25.6 Å². The highest BCUT2D eigenvalue weighted by molar-refractivity contribution is 4.90. The highest BCUT2D eigenvalue weighted by atomic mass is 15.2. The quantitative estimate of drug-likeness (QED) is 0.571. The summed E-state index contributed by atoms with van der Waals surface area (Å²) >= 11 is 0. The van der Waals surface area contributed by atoms with Crippen LogP contribution < -0.4 is 0 Å². The van der Waals surface area contributed by atoms with E-state index in [1.54, 1.807) is 0 Å². The molecule has 0 spiro atoms. The molecule has 2 heteroatoms. The van der Waals surface area contributed by atoms with Crippen molar-refractivity contribution in [3.63, 3.8) is 0 Å². The van der Waals surface area contributed by atoms with Gasteiger partial charge in [-0.25, -0.2) is 0 Å². The number of nitriles is 1. The fourth-order valence-electron chi connectivity index (χ4n) is 1.32. The van der Waals surface area contributed by atoms with Gasteiger partial charge in [-0.1, -0.05) is 0 Å². The summed E-state index contributed by atoms with van der Waals surface area (Å²) in [4.78, 5) is 2.34. The van der Waals surface area contributed by atoms with Gasteiger partial charge in [-0.3, -0.25) is 4.90 Å². The van der Waals surface area contributed by atoms with Crippen molar-refractivity contribution in [3.05, 3.63) is 0 Å². The minimum Gasteiger partial charge on any atom is -0.298 e. The Hall–Kier alpha value is -0.990. The van der Waals surface area contributed by atoms with Gasteiger partial charge in [0.2, 0.25) is 0 Å². The standard InChI is InChI=1S/C10H14N2/c1-2-3-8-12(9-4-7-11)10-5-6-10/h1,10H,3-6,8-9H2. The van der Waals surface area contributed by atoms with Crippen molar-refractivity contribution < 1.29 is 0 Å². The van der Waals surface area contributed by atoms with Crippen LogP contribution in [0.15, 0.2) is 0 Å². The van der Waals surface area contributed by atoms with E-state index in [1.807, 2.05) is 0 Å². The van der Waals surface area contributed by atoms with Crippen LogP contribution in [0.25, 0.3) is 0 Å². The molecule has 1 saturated carbocycles. The van der Waals surface area contributed by atoms with Gasteiger partial charge in [-0.2, -0.15) is 5.26 Å². The van der Waals surface area contributed by atoms with Crippen molar-refractivity contribution in [3.8, 4) is 18.4 Å². The minimum atomic E-state index is 0.626. The lowest BCUT2D eigenvalue weighted by molar-refractivity contribution is 0.276. The van der Waals surface area contributed by atoms with E-state index in [9.17, 15) is 0 Å². The maximum absolute atomic E-state index is 8.43. The van der Waals surface area contributed by atoms with Crippen LogP contribution in [0.1, 0.15) is 25.7 Å². The summed E-state index contributed by atoms with van der Waals surface area (Å²) in [5.41, 5.74) is 0. The molecule has 1 aliphatic rings. The first-order valence-electron chi connectivity index (χ1n) is 4.43. The van der Waals surface area contributed by atoms with Crippen LogP contribution in [0.3, 0.4) is 0 Å². The lowest BCUT2D eigenvalue weighted by Gasteiger charge is -2.18. The van der Waals surface area contributed by atoms with Crippen LogP contribution in [0.2, 0.25) is 0 Å². The molecule has 1 aliphatic carbocycles. The Bertz CT molecular complexity index is 187. The molecule has 0 aliphatic heterocycles. The molecule has 2 nitrogen and oxygen atoms in total. The van der Waals surface area contributed by atoms with Gasteiger partial charge >= 0.3 is 0 Å². The summed E-state index contributed by atoms with van der Waals surface area (Å²) in [6.45, 7) is 1.85. The summed E-state index contributed by atoms with van der Waals surface area (Å²) in [6.07, 6.45) is 9.19. The van der Waals surface area contributed by atoms with E-state index < -0.39 is 0 Å². The first-order valence-corrected chi connectivity index (χ1v) is 4.43. The largest absolute Gasteiger partial charge is 0.298 e. The molecule has 0 heterocycles. The number of nitrogens with zero attached hydrogens (tertiary/aromatic N) is 2. The zero-order valence-electron chi connectivity index (χ0n) is 7.29. The van der Waals surface area contributed by atoms with Crippen LogP contribution in [0.5, 0.6) is 0 Å². The summed E-state index contributed by atoms with van der Waals surface area (Å²) in [5.74, 6) is 2.63. The normalized spacial score (nSPS) is 15.6. The summed E-state index contributed by atoms with van der Waals surface area (Å²) in [6, 6.07) is 2.89. The molecule has 0 aromatic carbocycles. The summed E-state index contributed by atoms with van der Waals surface area (Å²) < 4.78 is 0. The van der Waals surface area contributed by atoms with Crippen molar-refractivity contribution in [2.24, 2.45) is 0 Å². The number of hydrogen-bond acceptors (Lipinski definition) is 2. The van der Waals surface area contributed by atoms with E-state index in [-0.39, 0.29) is 0 Å². The fraction of sp³-hybridized carbons (Fsp3) is 0.700. The van der Waals surface area contributed by atoms with Crippen molar-refractivity contribution in [1.29, 1.82) is 5.26 Å². The van der Waals surface area contributed by atoms with E-state index in [0.29, 0.717) is 6.42 Å². The molecule has 1 rings (SSSR count). The fourth-order valence-corrected chi connectivity index (χ4v) is 1.32. The first-order chi connectivity index (χ1) is 5.88. The third kappa shape index (κ3) is 2.95. The Morgan fingerprint density at radius 2 is 2.00 bits per heavy atom. The molecule has 0 bridgehead atoms. The average molecular weight is 162 g/mol. The molecule has 0 aromatic rings. The van der Waals surface area contributed by atoms with E-state index in [4.69, 9.17) is 11.7 Å². The molecule has 12 heavy (non-hydrogen) atoms. The van der Waals surface area contributed by atoms with E-state index in [1.165, 1.54) is 12.8 Å². The molecular weight excluding hydrogens is 148 g/mol. The second kappa shape index (κ2) is 4.80. The van der Waals surface area contributed by atoms with Crippen LogP contribution in [-0.4, -0.2) is 24.0 Å². The van der Waals surface area contributed by atoms with Gasteiger partial charge in [-0.15, -0.1) is 12.3 Å². The molecule has 1 fully saturated rings. The molecule has 0 amide bonds. The SMILES string of the molecule is C#CCCN(CCC#N)C1CC1. The Labute approximate surface area is 74.2 Å². The van der Waals surface area contributed by atoms with Crippen LogP contribution in [0.4, 0.5) is 0 Å². The molecule has 0 atom stereocenters. The second-order valence-corrected chi connectivity index (χ2v) is 3.13. The Morgan fingerprint density at radius 3 is 2.50 bits per heavy atom. The van der Waals surface area contributed by atoms with Crippen molar-refractivity contribution in [2.75, 3.05) is 13.1 Å². The Balaban J connectivity index is 2.20. The van der Waals surface area contributed by atoms with E-state index >= 15 is 0 Å². The van der Waals surface area contributed by atoms with Crippen LogP contribution in [0, 0.1) is 23.7 Å². The zero-order valence-corrected chi connectivity index (χ0v) is 7.29. The zero-order chi connectivity index (χ0) is 8.81. The number of rotatable bonds is 5. The molecule has 64 valence electrons. The highest BCUT2D eigenvalue weighted by Crippen LogP contribution is 2.26. The van der Waals surface area contributed by atoms with E-state index in [2.05, 4.69) is 16.9 Å². The average Bonchev–Trinajstić information content (AvgIpc) is 2.88. The smallest absolute Gasteiger partial charge is 0.0635 e. The summed E-state index contributed by atoms with van der Waals surface area (Å²) in [5, 5.41) is 8.43. The van der Waals surface area contributed by atoms with Crippen molar-refractivity contribution >= 4 is 0 Å². The van der Waals surface area contributed by atoms with Crippen molar-refractivity contribution in [1.82, 2.24) is 4.90 Å². The highest BCUT2D eigenvalue weighted by Gasteiger charge is 2.27. The lowest BCUT2D eigenvalue weighted by Crippen LogP contribution is -2.27. The number of terminal acetylenes is 1. The maximum Gasteiger partial charge on any atom is 0.0635 e. The predicted octanol–water partition coefficient (Wildman–Crippen LogP) is 1.39. The molecule has 0 saturated heterocycles. The molecule has 0 radical (unpaired) electrons. The molecule has 0 aromatic heterocycles. The Morgan fingerprint density at radius 1 is 1.33 bits per heavy atom. The van der Waals surface area contributed by atoms with Crippen LogP contribution in [-0.2, 0) is 0 Å². The monoisotopic (exact) mass is 162 g/mol. The first kappa shape index (κ1) is 9.10. The molecular formula is C10H14N2. The van der Waals surface area contributed by atoms with Gasteiger partial charge in [0.15, 0.2) is 0 Å². The topological polar surface area (TPSA) is 27.0 Å². The molecule has 0 unspecified atom stereocenters. The van der Waals surface area contributed by atoms with Gasteiger partial charge in [-0.05, 0) is 12.8 Å². The third-order valence-electron chi connectivity index (χ3n) is 2.12. The van der Waals surface area contributed by atoms with Crippen molar-refractivity contribution in [2.45, 2.75) is 31.7 Å².